The van der Waals surface area contributed by atoms with Crippen LogP contribution in [0, 0.1) is 0 Å². The van der Waals surface area contributed by atoms with E-state index in [4.69, 9.17) is 9.47 Å². The van der Waals surface area contributed by atoms with Gasteiger partial charge in [0.05, 0.1) is 19.8 Å². The van der Waals surface area contributed by atoms with Crippen molar-refractivity contribution in [3.05, 3.63) is 23.8 Å². The molecule has 2 N–H and O–H groups in total. The Labute approximate surface area is 108 Å². The summed E-state index contributed by atoms with van der Waals surface area (Å²) in [6, 6.07) is 5.16. The Balaban J connectivity index is 3.10. The Hall–Kier alpha value is -1.26. The number of methoxy groups -OCH3 is 2. The highest BCUT2D eigenvalue weighted by Gasteiger charge is 2.33. The maximum absolute atomic E-state index is 10.3. The predicted octanol–water partition coefficient (Wildman–Crippen LogP) is 2.29. The summed E-state index contributed by atoms with van der Waals surface area (Å²) in [5, 5.41) is 20.6. The quantitative estimate of drug-likeness (QED) is 0.817. The van der Waals surface area contributed by atoms with Gasteiger partial charge in [-0.05, 0) is 30.5 Å². The van der Waals surface area contributed by atoms with Gasteiger partial charge in [0.1, 0.15) is 6.10 Å². The molecule has 0 saturated heterocycles. The smallest absolute Gasteiger partial charge is 0.161 e. The summed E-state index contributed by atoms with van der Waals surface area (Å²) in [4.78, 5) is 0. The Morgan fingerprint density at radius 3 is 2.11 bits per heavy atom. The van der Waals surface area contributed by atoms with Gasteiger partial charge < -0.3 is 19.7 Å². The molecule has 0 amide bonds. The molecule has 102 valence electrons. The number of benzene rings is 1. The van der Waals surface area contributed by atoms with Gasteiger partial charge in [-0.15, -0.1) is 0 Å². The third-order valence-corrected chi connectivity index (χ3v) is 3.46. The monoisotopic (exact) mass is 254 g/mol. The number of ether oxygens (including phenoxy) is 2. The molecule has 18 heavy (non-hydrogen) atoms. The van der Waals surface area contributed by atoms with Gasteiger partial charge in [0, 0.05) is 0 Å². The summed E-state index contributed by atoms with van der Waals surface area (Å²) in [5.41, 5.74) is -0.488. The van der Waals surface area contributed by atoms with Crippen molar-refractivity contribution in [3.63, 3.8) is 0 Å². The molecule has 1 aromatic carbocycles. The molecule has 4 heteroatoms. The van der Waals surface area contributed by atoms with Crippen LogP contribution in [0.15, 0.2) is 18.2 Å². The molecule has 1 aromatic rings. The minimum Gasteiger partial charge on any atom is -0.493 e. The minimum absolute atomic E-state index is 0.485. The summed E-state index contributed by atoms with van der Waals surface area (Å²) in [5.74, 6) is 1.15. The molecule has 0 fully saturated rings. The van der Waals surface area contributed by atoms with E-state index in [-0.39, 0.29) is 0 Å². The van der Waals surface area contributed by atoms with E-state index in [0.29, 0.717) is 29.9 Å². The van der Waals surface area contributed by atoms with Gasteiger partial charge in [-0.2, -0.15) is 0 Å². The lowest BCUT2D eigenvalue weighted by Crippen LogP contribution is -2.34. The predicted molar refractivity (Wildman–Crippen MR) is 70.0 cm³/mol. The molecular weight excluding hydrogens is 232 g/mol. The standard InChI is InChI=1S/C14H22O4/c1-5-14(16,6-2)13(15)10-7-8-11(17-3)12(9-10)18-4/h7-9,13,15-16H,5-6H2,1-4H3. The molecule has 0 heterocycles. The highest BCUT2D eigenvalue weighted by molar-refractivity contribution is 5.44. The molecule has 0 aromatic heterocycles. The van der Waals surface area contributed by atoms with Crippen LogP contribution >= 0.6 is 0 Å². The topological polar surface area (TPSA) is 58.9 Å². The number of hydrogen-bond acceptors (Lipinski definition) is 4. The van der Waals surface area contributed by atoms with E-state index in [2.05, 4.69) is 0 Å². The highest BCUT2D eigenvalue weighted by Crippen LogP contribution is 2.36. The largest absolute Gasteiger partial charge is 0.493 e. The molecule has 0 spiro atoms. The van der Waals surface area contributed by atoms with Crippen LogP contribution in [-0.4, -0.2) is 30.0 Å². The van der Waals surface area contributed by atoms with Crippen molar-refractivity contribution in [2.45, 2.75) is 38.4 Å². The molecule has 1 atom stereocenters. The molecule has 0 aliphatic heterocycles. The van der Waals surface area contributed by atoms with Crippen LogP contribution in [0.4, 0.5) is 0 Å². The first-order valence-corrected chi connectivity index (χ1v) is 6.14. The van der Waals surface area contributed by atoms with Crippen LogP contribution in [-0.2, 0) is 0 Å². The number of aliphatic hydroxyl groups is 2. The highest BCUT2D eigenvalue weighted by atomic mass is 16.5. The lowest BCUT2D eigenvalue weighted by Gasteiger charge is -2.31. The van der Waals surface area contributed by atoms with Crippen molar-refractivity contribution in [2.24, 2.45) is 0 Å². The van der Waals surface area contributed by atoms with Gasteiger partial charge in [0.15, 0.2) is 11.5 Å². The molecule has 0 aliphatic carbocycles. The van der Waals surface area contributed by atoms with E-state index < -0.39 is 11.7 Å². The molecule has 0 saturated carbocycles. The molecule has 0 radical (unpaired) electrons. The van der Waals surface area contributed by atoms with Gasteiger partial charge in [0.2, 0.25) is 0 Å². The van der Waals surface area contributed by atoms with Crippen LogP contribution in [0.5, 0.6) is 11.5 Å². The summed E-state index contributed by atoms with van der Waals surface area (Å²) in [6.07, 6.45) is 0.0326. The van der Waals surface area contributed by atoms with Crippen molar-refractivity contribution < 1.29 is 19.7 Å². The third-order valence-electron chi connectivity index (χ3n) is 3.46. The SMILES string of the molecule is CCC(O)(CC)C(O)c1ccc(OC)c(OC)c1. The summed E-state index contributed by atoms with van der Waals surface area (Å²) in [6.45, 7) is 3.71. The fraction of sp³-hybridized carbons (Fsp3) is 0.571. The van der Waals surface area contributed by atoms with E-state index in [1.807, 2.05) is 13.8 Å². The van der Waals surface area contributed by atoms with Crippen molar-refractivity contribution >= 4 is 0 Å². The fourth-order valence-electron chi connectivity index (χ4n) is 1.97. The van der Waals surface area contributed by atoms with Gasteiger partial charge in [-0.1, -0.05) is 19.9 Å². The van der Waals surface area contributed by atoms with Crippen LogP contribution in [0.25, 0.3) is 0 Å². The zero-order valence-electron chi connectivity index (χ0n) is 11.4. The van der Waals surface area contributed by atoms with Crippen LogP contribution in [0.2, 0.25) is 0 Å². The van der Waals surface area contributed by atoms with Gasteiger partial charge in [-0.25, -0.2) is 0 Å². The normalized spacial score (nSPS) is 13.2. The van der Waals surface area contributed by atoms with Gasteiger partial charge in [0.25, 0.3) is 0 Å². The molecule has 4 nitrogen and oxygen atoms in total. The zero-order valence-corrected chi connectivity index (χ0v) is 11.4. The molecular formula is C14H22O4. The van der Waals surface area contributed by atoms with E-state index in [0.717, 1.165) is 0 Å². The first-order valence-electron chi connectivity index (χ1n) is 6.14. The van der Waals surface area contributed by atoms with Crippen LogP contribution in [0.1, 0.15) is 38.4 Å². The van der Waals surface area contributed by atoms with Crippen LogP contribution in [0.3, 0.4) is 0 Å². The van der Waals surface area contributed by atoms with Crippen molar-refractivity contribution in [1.82, 2.24) is 0 Å². The molecule has 1 rings (SSSR count). The van der Waals surface area contributed by atoms with E-state index in [1.54, 1.807) is 32.4 Å². The second-order valence-electron chi connectivity index (χ2n) is 4.33. The number of aliphatic hydroxyl groups excluding tert-OH is 1. The second kappa shape index (κ2) is 6.07. The average molecular weight is 254 g/mol. The van der Waals surface area contributed by atoms with E-state index in [9.17, 15) is 10.2 Å². The first-order chi connectivity index (χ1) is 8.52. The Kier molecular flexibility index (Phi) is 4.99. The lowest BCUT2D eigenvalue weighted by atomic mass is 9.86. The summed E-state index contributed by atoms with van der Waals surface area (Å²) < 4.78 is 10.3. The average Bonchev–Trinajstić information content (AvgIpc) is 2.44. The Bertz CT molecular complexity index is 385. The molecule has 0 aliphatic rings. The lowest BCUT2D eigenvalue weighted by molar-refractivity contribution is -0.0821. The van der Waals surface area contributed by atoms with Crippen molar-refractivity contribution in [3.8, 4) is 11.5 Å². The maximum atomic E-state index is 10.3. The summed E-state index contributed by atoms with van der Waals surface area (Å²) >= 11 is 0. The van der Waals surface area contributed by atoms with Crippen LogP contribution < -0.4 is 9.47 Å². The second-order valence-corrected chi connectivity index (χ2v) is 4.33. The molecule has 0 bridgehead atoms. The molecule has 1 unspecified atom stereocenters. The van der Waals surface area contributed by atoms with Crippen molar-refractivity contribution in [1.29, 1.82) is 0 Å². The fourth-order valence-corrected chi connectivity index (χ4v) is 1.97. The Morgan fingerprint density at radius 2 is 1.67 bits per heavy atom. The number of hydrogen-bond donors (Lipinski definition) is 2. The Morgan fingerprint density at radius 1 is 1.11 bits per heavy atom. The van der Waals surface area contributed by atoms with E-state index >= 15 is 0 Å². The van der Waals surface area contributed by atoms with Gasteiger partial charge >= 0.3 is 0 Å². The summed E-state index contributed by atoms with van der Waals surface area (Å²) in [7, 11) is 3.10. The minimum atomic E-state index is -1.11. The zero-order chi connectivity index (χ0) is 13.8. The number of rotatable bonds is 6. The first kappa shape index (κ1) is 14.8. The maximum Gasteiger partial charge on any atom is 0.161 e. The van der Waals surface area contributed by atoms with E-state index in [1.165, 1.54) is 0 Å². The van der Waals surface area contributed by atoms with Gasteiger partial charge in [-0.3, -0.25) is 0 Å². The third kappa shape index (κ3) is 2.76. The van der Waals surface area contributed by atoms with Crippen molar-refractivity contribution in [2.75, 3.05) is 14.2 Å².